The fourth-order valence-electron chi connectivity index (χ4n) is 3.84. The van der Waals surface area contributed by atoms with Gasteiger partial charge in [0.05, 0.1) is 19.6 Å². The zero-order valence-electron chi connectivity index (χ0n) is 20.7. The molecule has 0 bridgehead atoms. The summed E-state index contributed by atoms with van der Waals surface area (Å²) in [4.78, 5) is 52.6. The molecule has 0 aliphatic heterocycles. The molecule has 7 nitrogen and oxygen atoms in total. The number of anilines is 1. The van der Waals surface area contributed by atoms with Crippen LogP contribution in [-0.2, 0) is 23.9 Å². The van der Waals surface area contributed by atoms with Gasteiger partial charge in [-0.15, -0.1) is 0 Å². The highest BCUT2D eigenvalue weighted by Gasteiger charge is 2.52. The van der Waals surface area contributed by atoms with Crippen LogP contribution in [0.3, 0.4) is 0 Å². The summed E-state index contributed by atoms with van der Waals surface area (Å²) in [6.07, 6.45) is -1.19. The summed E-state index contributed by atoms with van der Waals surface area (Å²) in [6, 6.07) is 23.2. The predicted molar refractivity (Wildman–Crippen MR) is 144 cm³/mol. The lowest BCUT2D eigenvalue weighted by Crippen LogP contribution is -2.46. The van der Waals surface area contributed by atoms with Gasteiger partial charge in [0.2, 0.25) is 5.91 Å². The SMILES string of the molecule is CCOC(=O)C(CC(=O)Nc1ccccc1)(CC(=O)c1ccc(-c2ccc(Br)cc2)cc1)C(=O)OCC. The molecule has 0 aromatic heterocycles. The number of carbonyl (C=O) groups is 4. The van der Waals surface area contributed by atoms with Crippen LogP contribution in [0.4, 0.5) is 5.69 Å². The minimum absolute atomic E-state index is 0.0314. The molecule has 3 rings (SSSR count). The number of ether oxygens (including phenoxy) is 2. The molecule has 8 heteroatoms. The number of nitrogens with one attached hydrogen (secondary N) is 1. The Bertz CT molecular complexity index is 1220. The fraction of sp³-hybridized carbons (Fsp3) is 0.241. The highest BCUT2D eigenvalue weighted by Crippen LogP contribution is 2.34. The lowest BCUT2D eigenvalue weighted by atomic mass is 9.78. The zero-order valence-corrected chi connectivity index (χ0v) is 22.2. The molecule has 0 atom stereocenters. The number of para-hydroxylation sites is 1. The molecular formula is C29H28BrNO6. The number of hydrogen-bond acceptors (Lipinski definition) is 6. The van der Waals surface area contributed by atoms with E-state index in [4.69, 9.17) is 9.47 Å². The molecule has 0 fully saturated rings. The van der Waals surface area contributed by atoms with Gasteiger partial charge in [-0.2, -0.15) is 0 Å². The van der Waals surface area contributed by atoms with Gasteiger partial charge >= 0.3 is 11.9 Å². The summed E-state index contributed by atoms with van der Waals surface area (Å²) >= 11 is 3.41. The van der Waals surface area contributed by atoms with Crippen molar-refractivity contribution in [3.63, 3.8) is 0 Å². The number of carbonyl (C=O) groups excluding carboxylic acids is 4. The van der Waals surface area contributed by atoms with Crippen LogP contribution >= 0.6 is 15.9 Å². The molecule has 1 N–H and O–H groups in total. The summed E-state index contributed by atoms with van der Waals surface area (Å²) in [6.45, 7) is 3.10. The average Bonchev–Trinajstić information content (AvgIpc) is 2.89. The van der Waals surface area contributed by atoms with Crippen LogP contribution in [0.25, 0.3) is 11.1 Å². The number of halogens is 1. The topological polar surface area (TPSA) is 98.8 Å². The van der Waals surface area contributed by atoms with Gasteiger partial charge in [-0.05, 0) is 49.2 Å². The van der Waals surface area contributed by atoms with Crippen LogP contribution < -0.4 is 5.32 Å². The first kappa shape index (κ1) is 27.8. The first-order valence-corrected chi connectivity index (χ1v) is 12.7. The van der Waals surface area contributed by atoms with E-state index >= 15 is 0 Å². The van der Waals surface area contributed by atoms with Crippen LogP contribution in [0.5, 0.6) is 0 Å². The Morgan fingerprint density at radius 3 is 1.76 bits per heavy atom. The van der Waals surface area contributed by atoms with E-state index in [9.17, 15) is 19.2 Å². The van der Waals surface area contributed by atoms with E-state index in [2.05, 4.69) is 21.2 Å². The standard InChI is InChI=1S/C29H28BrNO6/c1-3-36-27(34)29(28(35)37-4-2,19-26(33)31-24-8-6-5-7-9-24)18-25(32)22-12-10-20(11-13-22)21-14-16-23(30)17-15-21/h5-17H,3-4,18-19H2,1-2H3,(H,31,33). The van der Waals surface area contributed by atoms with Gasteiger partial charge in [-0.25, -0.2) is 0 Å². The molecule has 3 aromatic carbocycles. The van der Waals surface area contributed by atoms with Crippen molar-refractivity contribution in [2.24, 2.45) is 5.41 Å². The predicted octanol–water partition coefficient (Wildman–Crippen LogP) is 5.83. The van der Waals surface area contributed by atoms with Gasteiger partial charge < -0.3 is 14.8 Å². The highest BCUT2D eigenvalue weighted by molar-refractivity contribution is 9.10. The molecule has 0 aliphatic rings. The van der Waals surface area contributed by atoms with Gasteiger partial charge in [0.25, 0.3) is 0 Å². The Kier molecular flexibility index (Phi) is 9.74. The molecule has 192 valence electrons. The van der Waals surface area contributed by atoms with Crippen LogP contribution in [0.1, 0.15) is 37.0 Å². The highest BCUT2D eigenvalue weighted by atomic mass is 79.9. The van der Waals surface area contributed by atoms with Crippen molar-refractivity contribution in [3.8, 4) is 11.1 Å². The van der Waals surface area contributed by atoms with Gasteiger partial charge in [0.15, 0.2) is 11.2 Å². The van der Waals surface area contributed by atoms with Crippen LogP contribution in [-0.4, -0.2) is 36.8 Å². The number of amides is 1. The van der Waals surface area contributed by atoms with E-state index in [0.29, 0.717) is 11.3 Å². The van der Waals surface area contributed by atoms with E-state index in [1.54, 1.807) is 68.4 Å². The second-order valence-corrected chi connectivity index (χ2v) is 9.21. The Labute approximate surface area is 224 Å². The Morgan fingerprint density at radius 2 is 1.24 bits per heavy atom. The van der Waals surface area contributed by atoms with Gasteiger partial charge in [-0.1, -0.05) is 70.5 Å². The van der Waals surface area contributed by atoms with E-state index in [-0.39, 0.29) is 13.2 Å². The van der Waals surface area contributed by atoms with Crippen LogP contribution in [0, 0.1) is 5.41 Å². The third kappa shape index (κ3) is 7.13. The molecule has 0 aliphatic carbocycles. The number of ketones is 1. The Morgan fingerprint density at radius 1 is 0.730 bits per heavy atom. The van der Waals surface area contributed by atoms with Crippen LogP contribution in [0.15, 0.2) is 83.3 Å². The smallest absolute Gasteiger partial charge is 0.324 e. The van der Waals surface area contributed by atoms with E-state index < -0.39 is 41.9 Å². The molecule has 0 radical (unpaired) electrons. The lowest BCUT2D eigenvalue weighted by molar-refractivity contribution is -0.173. The summed E-state index contributed by atoms with van der Waals surface area (Å²) in [5, 5.41) is 2.66. The quantitative estimate of drug-likeness (QED) is 0.178. The van der Waals surface area contributed by atoms with Crippen molar-refractivity contribution in [1.82, 2.24) is 0 Å². The van der Waals surface area contributed by atoms with Gasteiger partial charge in [0.1, 0.15) is 0 Å². The van der Waals surface area contributed by atoms with Crippen molar-refractivity contribution in [2.75, 3.05) is 18.5 Å². The zero-order chi connectivity index (χ0) is 26.8. The molecule has 0 saturated carbocycles. The number of benzene rings is 3. The molecule has 0 unspecified atom stereocenters. The Hall–Kier alpha value is -3.78. The molecular weight excluding hydrogens is 538 g/mol. The number of rotatable bonds is 11. The summed E-state index contributed by atoms with van der Waals surface area (Å²) in [7, 11) is 0. The summed E-state index contributed by atoms with van der Waals surface area (Å²) in [5.74, 6) is -3.06. The molecule has 1 amide bonds. The normalized spacial score (nSPS) is 10.9. The lowest BCUT2D eigenvalue weighted by Gasteiger charge is -2.28. The monoisotopic (exact) mass is 565 g/mol. The molecule has 0 spiro atoms. The molecule has 0 heterocycles. The third-order valence-electron chi connectivity index (χ3n) is 5.70. The second kappa shape index (κ2) is 13.0. The summed E-state index contributed by atoms with van der Waals surface area (Å²) < 4.78 is 11.3. The molecule has 37 heavy (non-hydrogen) atoms. The second-order valence-electron chi connectivity index (χ2n) is 8.30. The maximum atomic E-state index is 13.4. The van der Waals surface area contributed by atoms with Crippen molar-refractivity contribution in [1.29, 1.82) is 0 Å². The largest absolute Gasteiger partial charge is 0.465 e. The van der Waals surface area contributed by atoms with E-state index in [1.165, 1.54) is 0 Å². The number of hydrogen-bond donors (Lipinski definition) is 1. The number of esters is 2. The van der Waals surface area contributed by atoms with Crippen LogP contribution in [0.2, 0.25) is 0 Å². The van der Waals surface area contributed by atoms with Crippen molar-refractivity contribution < 1.29 is 28.7 Å². The molecule has 0 saturated heterocycles. The van der Waals surface area contributed by atoms with Gasteiger partial charge in [0, 0.05) is 22.1 Å². The average molecular weight is 566 g/mol. The first-order valence-electron chi connectivity index (χ1n) is 11.9. The number of Topliss-reactive ketones (excluding diaryl/α,β-unsaturated/α-hetero) is 1. The van der Waals surface area contributed by atoms with Crippen molar-refractivity contribution >= 4 is 45.2 Å². The molecule has 3 aromatic rings. The Balaban J connectivity index is 1.90. The minimum Gasteiger partial charge on any atom is -0.465 e. The first-order chi connectivity index (χ1) is 17.8. The summed E-state index contributed by atoms with van der Waals surface area (Å²) in [5.41, 5.74) is 0.513. The third-order valence-corrected chi connectivity index (χ3v) is 6.23. The minimum atomic E-state index is -2.13. The van der Waals surface area contributed by atoms with Crippen molar-refractivity contribution in [2.45, 2.75) is 26.7 Å². The van der Waals surface area contributed by atoms with Crippen molar-refractivity contribution in [3.05, 3.63) is 88.9 Å². The van der Waals surface area contributed by atoms with Gasteiger partial charge in [-0.3, -0.25) is 19.2 Å². The van der Waals surface area contributed by atoms with E-state index in [1.807, 2.05) is 24.3 Å². The maximum Gasteiger partial charge on any atom is 0.324 e. The van der Waals surface area contributed by atoms with E-state index in [0.717, 1.165) is 15.6 Å². The maximum absolute atomic E-state index is 13.4. The fourth-order valence-corrected chi connectivity index (χ4v) is 4.11.